The van der Waals surface area contributed by atoms with E-state index in [-0.39, 0.29) is 0 Å². The van der Waals surface area contributed by atoms with Gasteiger partial charge in [0.05, 0.1) is 7.11 Å². The van der Waals surface area contributed by atoms with Gasteiger partial charge in [0.2, 0.25) is 0 Å². The summed E-state index contributed by atoms with van der Waals surface area (Å²) in [7, 11) is -0.433. The highest BCUT2D eigenvalue weighted by molar-refractivity contribution is 6.65. The lowest BCUT2D eigenvalue weighted by Crippen LogP contribution is -2.38. The highest BCUT2D eigenvalue weighted by atomic mass is 28.4. The third-order valence-electron chi connectivity index (χ3n) is 4.12. The fourth-order valence-electron chi connectivity index (χ4n) is 2.69. The van der Waals surface area contributed by atoms with Gasteiger partial charge in [-0.15, -0.1) is 0 Å². The zero-order valence-electron chi connectivity index (χ0n) is 16.1. The summed E-state index contributed by atoms with van der Waals surface area (Å²) in [6.07, 6.45) is 12.0. The molecule has 0 saturated carbocycles. The van der Waals surface area contributed by atoms with E-state index in [1.54, 1.807) is 7.11 Å². The van der Waals surface area contributed by atoms with Gasteiger partial charge in [0.1, 0.15) is 11.5 Å². The minimum absolute atomic E-state index is 0.811. The molecule has 0 aliphatic rings. The minimum Gasteiger partial charge on any atom is -0.520 e. The van der Waals surface area contributed by atoms with Crippen LogP contribution in [0.2, 0.25) is 13.1 Å². The van der Waals surface area contributed by atoms with Gasteiger partial charge >= 0.3 is 8.56 Å². The molecule has 0 fully saturated rings. The lowest BCUT2D eigenvalue weighted by molar-refractivity contribution is 0.240. The Morgan fingerprint density at radius 1 is 0.750 bits per heavy atom. The first-order valence-electron chi connectivity index (χ1n) is 9.54. The van der Waals surface area contributed by atoms with Crippen molar-refractivity contribution in [3.63, 3.8) is 0 Å². The van der Waals surface area contributed by atoms with Gasteiger partial charge in [-0.1, -0.05) is 58.3 Å². The molecule has 1 aromatic carbocycles. The third-order valence-corrected chi connectivity index (χ3v) is 5.75. The summed E-state index contributed by atoms with van der Waals surface area (Å²) < 4.78 is 17.2. The van der Waals surface area contributed by atoms with Crippen molar-refractivity contribution in [3.05, 3.63) is 24.3 Å². The molecule has 0 amide bonds. The molecule has 0 N–H and O–H groups in total. The molecule has 24 heavy (non-hydrogen) atoms. The van der Waals surface area contributed by atoms with E-state index >= 15 is 0 Å². The van der Waals surface area contributed by atoms with Crippen molar-refractivity contribution >= 4 is 8.56 Å². The van der Waals surface area contributed by atoms with E-state index in [1.165, 1.54) is 51.4 Å². The molecule has 0 unspecified atom stereocenters. The van der Waals surface area contributed by atoms with Gasteiger partial charge in [0.15, 0.2) is 0 Å². The summed E-state index contributed by atoms with van der Waals surface area (Å²) in [4.78, 5) is 0. The van der Waals surface area contributed by atoms with E-state index in [9.17, 15) is 0 Å². The van der Waals surface area contributed by atoms with Crippen molar-refractivity contribution in [1.29, 1.82) is 0 Å². The van der Waals surface area contributed by atoms with Crippen LogP contribution in [0.25, 0.3) is 0 Å². The topological polar surface area (TPSA) is 27.7 Å². The number of hydrogen-bond acceptors (Lipinski definition) is 3. The summed E-state index contributed by atoms with van der Waals surface area (Å²) in [6, 6.07) is 7.71. The highest BCUT2D eigenvalue weighted by Gasteiger charge is 2.26. The molecule has 4 heteroatoms. The number of benzene rings is 1. The first kappa shape index (κ1) is 21.0. The molecule has 0 radical (unpaired) electrons. The third kappa shape index (κ3) is 9.99. The van der Waals surface area contributed by atoms with Gasteiger partial charge in [0.25, 0.3) is 0 Å². The Morgan fingerprint density at radius 2 is 1.25 bits per heavy atom. The van der Waals surface area contributed by atoms with Crippen LogP contribution in [0.4, 0.5) is 0 Å². The molecule has 138 valence electrons. The fourth-order valence-corrected chi connectivity index (χ4v) is 4.09. The lowest BCUT2D eigenvalue weighted by atomic mass is 10.1. The number of unbranched alkanes of at least 4 members (excludes halogenated alkanes) is 8. The van der Waals surface area contributed by atoms with Crippen LogP contribution in [-0.4, -0.2) is 22.3 Å². The van der Waals surface area contributed by atoms with Gasteiger partial charge in [-0.3, -0.25) is 0 Å². The second kappa shape index (κ2) is 12.4. The average Bonchev–Trinajstić information content (AvgIpc) is 2.57. The van der Waals surface area contributed by atoms with Crippen molar-refractivity contribution in [2.75, 3.05) is 13.7 Å². The monoisotopic (exact) mass is 352 g/mol. The van der Waals surface area contributed by atoms with E-state index in [4.69, 9.17) is 13.6 Å². The summed E-state index contributed by atoms with van der Waals surface area (Å²) in [6.45, 7) is 7.28. The number of methoxy groups -OCH3 is 1. The van der Waals surface area contributed by atoms with Crippen molar-refractivity contribution in [3.8, 4) is 11.5 Å². The molecule has 0 bridgehead atoms. The van der Waals surface area contributed by atoms with Crippen LogP contribution in [0.3, 0.4) is 0 Å². The Hall–Kier alpha value is -1.00. The average molecular weight is 353 g/mol. The van der Waals surface area contributed by atoms with Crippen LogP contribution >= 0.6 is 0 Å². The first-order valence-corrected chi connectivity index (χ1v) is 12.4. The number of hydrogen-bond donors (Lipinski definition) is 0. The van der Waals surface area contributed by atoms with E-state index in [0.29, 0.717) is 0 Å². The first-order chi connectivity index (χ1) is 11.6. The smallest absolute Gasteiger partial charge is 0.392 e. The fraction of sp³-hybridized carbons (Fsp3) is 0.700. The van der Waals surface area contributed by atoms with Gasteiger partial charge in [-0.05, 0) is 43.8 Å². The standard InChI is InChI=1S/C20H36O3Si/c1-5-6-7-8-9-10-11-12-13-18-22-24(3,4)23-20-16-14-19(21-2)15-17-20/h14-17H,5-13,18H2,1-4H3. The van der Waals surface area contributed by atoms with Gasteiger partial charge in [0, 0.05) is 6.61 Å². The van der Waals surface area contributed by atoms with E-state index < -0.39 is 8.56 Å². The predicted octanol–water partition coefficient (Wildman–Crippen LogP) is 6.32. The highest BCUT2D eigenvalue weighted by Crippen LogP contribution is 2.21. The van der Waals surface area contributed by atoms with Gasteiger partial charge < -0.3 is 13.6 Å². The normalized spacial score (nSPS) is 11.5. The Bertz CT molecular complexity index is 417. The van der Waals surface area contributed by atoms with Crippen molar-refractivity contribution in [2.45, 2.75) is 77.8 Å². The van der Waals surface area contributed by atoms with Crippen LogP contribution in [0, 0.1) is 0 Å². The van der Waals surface area contributed by atoms with Crippen LogP contribution in [0.5, 0.6) is 11.5 Å². The maximum Gasteiger partial charge on any atom is 0.392 e. The van der Waals surface area contributed by atoms with E-state index in [2.05, 4.69) is 20.0 Å². The van der Waals surface area contributed by atoms with Crippen LogP contribution in [0.15, 0.2) is 24.3 Å². The maximum absolute atomic E-state index is 6.05. The summed E-state index contributed by atoms with van der Waals surface area (Å²) >= 11 is 0. The molecule has 0 aromatic heterocycles. The molecular weight excluding hydrogens is 316 g/mol. The summed E-state index contributed by atoms with van der Waals surface area (Å²) in [5.74, 6) is 1.71. The zero-order valence-corrected chi connectivity index (χ0v) is 17.1. The molecule has 3 nitrogen and oxygen atoms in total. The van der Waals surface area contributed by atoms with Gasteiger partial charge in [-0.25, -0.2) is 0 Å². The molecule has 0 saturated heterocycles. The van der Waals surface area contributed by atoms with Crippen molar-refractivity contribution in [1.82, 2.24) is 0 Å². The quantitative estimate of drug-likeness (QED) is 0.289. The molecule has 0 heterocycles. The largest absolute Gasteiger partial charge is 0.520 e. The number of ether oxygens (including phenoxy) is 1. The summed E-state index contributed by atoms with van der Waals surface area (Å²) in [5, 5.41) is 0. The minimum atomic E-state index is -2.10. The van der Waals surface area contributed by atoms with Crippen molar-refractivity contribution in [2.24, 2.45) is 0 Å². The SMILES string of the molecule is CCCCCCCCCCCO[Si](C)(C)Oc1ccc(OC)cc1. The molecule has 0 aliphatic carbocycles. The van der Waals surface area contributed by atoms with Crippen molar-refractivity contribution < 1.29 is 13.6 Å². The van der Waals surface area contributed by atoms with E-state index in [1.807, 2.05) is 24.3 Å². The Morgan fingerprint density at radius 3 is 1.79 bits per heavy atom. The Balaban J connectivity index is 2.08. The lowest BCUT2D eigenvalue weighted by Gasteiger charge is -2.24. The molecular formula is C20H36O3Si. The molecule has 0 atom stereocenters. The van der Waals surface area contributed by atoms with Crippen LogP contribution in [-0.2, 0) is 4.43 Å². The molecule has 0 spiro atoms. The maximum atomic E-state index is 6.05. The zero-order chi connectivity index (χ0) is 17.7. The molecule has 1 aromatic rings. The number of rotatable bonds is 14. The van der Waals surface area contributed by atoms with Gasteiger partial charge in [-0.2, -0.15) is 0 Å². The predicted molar refractivity (Wildman–Crippen MR) is 104 cm³/mol. The van der Waals surface area contributed by atoms with E-state index in [0.717, 1.165) is 24.5 Å². The van der Waals surface area contributed by atoms with Crippen LogP contribution < -0.4 is 9.16 Å². The second-order valence-corrected chi connectivity index (χ2v) is 10.1. The molecule has 1 rings (SSSR count). The second-order valence-electron chi connectivity index (χ2n) is 6.85. The Kier molecular flexibility index (Phi) is 10.8. The molecule has 0 aliphatic heterocycles. The Labute approximate surface area is 150 Å². The van der Waals surface area contributed by atoms with Crippen LogP contribution in [0.1, 0.15) is 64.7 Å². The summed E-state index contributed by atoms with van der Waals surface area (Å²) in [5.41, 5.74) is 0.